The molecule has 3 N–H and O–H groups in total. The maximum absolute atomic E-state index is 14.8. The van der Waals surface area contributed by atoms with Crippen molar-refractivity contribution in [2.75, 3.05) is 6.54 Å². The van der Waals surface area contributed by atoms with Crippen LogP contribution in [0.25, 0.3) is 32.6 Å². The Bertz CT molecular complexity index is 2450. The minimum absolute atomic E-state index is 0.0102. The molecule has 4 amide bonds. The van der Waals surface area contributed by atoms with Gasteiger partial charge in [0.1, 0.15) is 40.9 Å². The number of rotatable bonds is 9. The number of sulfonamides is 1. The van der Waals surface area contributed by atoms with Gasteiger partial charge in [0.25, 0.3) is 5.91 Å². The molecule has 1 saturated heterocycles. The lowest BCUT2D eigenvalue weighted by atomic mass is 10.0. The first-order chi connectivity index (χ1) is 29.0. The largest absolute Gasteiger partial charge is 0.484 e. The van der Waals surface area contributed by atoms with Crippen molar-refractivity contribution in [3.8, 4) is 16.3 Å². The van der Waals surface area contributed by atoms with Crippen molar-refractivity contribution in [1.82, 2.24) is 25.2 Å². The van der Waals surface area contributed by atoms with E-state index in [1.54, 1.807) is 11.3 Å². The van der Waals surface area contributed by atoms with Gasteiger partial charge in [0.2, 0.25) is 21.8 Å². The number of alkyl carbamates (subject to hydrolysis) is 1. The van der Waals surface area contributed by atoms with E-state index in [4.69, 9.17) is 18.9 Å². The maximum Gasteiger partial charge on any atom is 0.408 e. The Kier molecular flexibility index (Phi) is 11.1. The van der Waals surface area contributed by atoms with Crippen LogP contribution in [0.4, 0.5) is 4.79 Å². The number of amides is 4. The summed E-state index contributed by atoms with van der Waals surface area (Å²) in [4.78, 5) is 65.2. The topological polar surface area (TPSA) is 186 Å². The lowest BCUT2D eigenvalue weighted by Gasteiger charge is -2.30. The molecule has 318 valence electrons. The summed E-state index contributed by atoms with van der Waals surface area (Å²) in [5.41, 5.74) is 0.877. The van der Waals surface area contributed by atoms with Crippen molar-refractivity contribution in [1.29, 1.82) is 0 Å². The average molecular weight is 858 g/mol. The molecule has 0 unspecified atom stereocenters. The van der Waals surface area contributed by atoms with Crippen molar-refractivity contribution >= 4 is 67.2 Å². The molecule has 3 saturated carbocycles. The van der Waals surface area contributed by atoms with Crippen LogP contribution in [0, 0.1) is 5.92 Å². The number of ether oxygens (including phenoxy) is 2. The first-order valence-corrected chi connectivity index (χ1v) is 23.8. The predicted molar refractivity (Wildman–Crippen MR) is 226 cm³/mol. The molecule has 1 aromatic carbocycles. The summed E-state index contributed by atoms with van der Waals surface area (Å²) in [6.07, 6.45) is 11.1. The third-order valence-corrected chi connectivity index (χ3v) is 15.6. The van der Waals surface area contributed by atoms with Crippen LogP contribution in [0.1, 0.15) is 95.3 Å². The lowest BCUT2D eigenvalue weighted by Crippen LogP contribution is -2.58. The number of allylic oxidation sites excluding steroid dienone is 1. The summed E-state index contributed by atoms with van der Waals surface area (Å²) in [6.45, 7) is 2.09. The molecule has 0 spiro atoms. The molecule has 5 atom stereocenters. The number of aromatic nitrogens is 1. The van der Waals surface area contributed by atoms with E-state index >= 15 is 0 Å². The number of benzene rings is 1. The zero-order valence-corrected chi connectivity index (χ0v) is 35.3. The number of hydrogen-bond acceptors (Lipinski definition) is 11. The molecule has 16 heteroatoms. The standard InChI is InChI=1S/C44H51N5O9S2/c1-2-29-18-21-37(59-29)33-23-36(39-38(45-33)31-15-10-11-17-35(31)58-39)56-28-22-34-40(50)47-44(42(52)48-60(54,55)30-19-20-30)24-26(44)12-6-4-3-5-7-16-32(41(51)49(34)25-28)46-43(53)57-27-13-8-9-14-27/h6,10-12,15,17-18,21,23,26-28,30,32,34H,2-5,7-9,13-14,16,19-20,22,24-25H2,1H3,(H,46,53)(H,47,50)(H,48,52)/t26-,28-,32+,34+,44-/m1/s1. The van der Waals surface area contributed by atoms with Gasteiger partial charge >= 0.3 is 6.09 Å². The number of carbonyl (C=O) groups is 4. The van der Waals surface area contributed by atoms with E-state index < -0.39 is 68.7 Å². The molecule has 5 aliphatic rings. The van der Waals surface area contributed by atoms with Crippen LogP contribution in [0.15, 0.2) is 59.0 Å². The molecule has 2 aliphatic heterocycles. The third-order valence-electron chi connectivity index (χ3n) is 12.6. The first-order valence-electron chi connectivity index (χ1n) is 21.4. The van der Waals surface area contributed by atoms with Crippen molar-refractivity contribution in [2.24, 2.45) is 5.92 Å². The van der Waals surface area contributed by atoms with E-state index in [9.17, 15) is 27.6 Å². The van der Waals surface area contributed by atoms with Gasteiger partial charge in [-0.2, -0.15) is 0 Å². The zero-order valence-electron chi connectivity index (χ0n) is 33.7. The fourth-order valence-electron chi connectivity index (χ4n) is 8.93. The highest BCUT2D eigenvalue weighted by molar-refractivity contribution is 7.91. The third kappa shape index (κ3) is 8.24. The van der Waals surface area contributed by atoms with Gasteiger partial charge in [-0.25, -0.2) is 18.2 Å². The number of aryl methyl sites for hydroxylation is 1. The second kappa shape index (κ2) is 16.5. The molecule has 3 aliphatic carbocycles. The number of carbonyl (C=O) groups excluding carboxylic acids is 4. The molecule has 0 bridgehead atoms. The van der Waals surface area contributed by atoms with Crippen LogP contribution in [0.3, 0.4) is 0 Å². The van der Waals surface area contributed by atoms with Gasteiger partial charge in [0.05, 0.1) is 22.4 Å². The molecule has 60 heavy (non-hydrogen) atoms. The fraction of sp³-hybridized carbons (Fsp3) is 0.523. The van der Waals surface area contributed by atoms with Gasteiger partial charge in [-0.3, -0.25) is 19.1 Å². The monoisotopic (exact) mass is 857 g/mol. The summed E-state index contributed by atoms with van der Waals surface area (Å²) in [5, 5.41) is 5.96. The Balaban J connectivity index is 1.05. The highest BCUT2D eigenvalue weighted by Crippen LogP contribution is 2.46. The van der Waals surface area contributed by atoms with Crippen molar-refractivity contribution < 1.29 is 41.5 Å². The van der Waals surface area contributed by atoms with E-state index in [2.05, 4.69) is 28.3 Å². The quantitative estimate of drug-likeness (QED) is 0.154. The molecular weight excluding hydrogens is 807 g/mol. The SMILES string of the molecule is CCc1ccc(-c2cc(O[C@@H]3C[C@H]4C(=O)N[C@]5(C(=O)NS(=O)(=O)C6CC6)C[C@H]5C=CCCCCC[C@H](NC(=O)OC5CCCC5)C(=O)N4C3)c3oc4ccccc4c3n2)s1. The number of fused-ring (bicyclic) bond motifs is 5. The van der Waals surface area contributed by atoms with Gasteiger partial charge in [-0.15, -0.1) is 11.3 Å². The Labute approximate surface area is 352 Å². The van der Waals surface area contributed by atoms with Crippen LogP contribution in [0.2, 0.25) is 0 Å². The molecule has 4 aromatic rings. The molecule has 14 nitrogen and oxygen atoms in total. The van der Waals surface area contributed by atoms with E-state index in [0.717, 1.165) is 55.2 Å². The predicted octanol–water partition coefficient (Wildman–Crippen LogP) is 6.66. The highest BCUT2D eigenvalue weighted by Gasteiger charge is 2.62. The first kappa shape index (κ1) is 40.4. The van der Waals surface area contributed by atoms with E-state index in [1.807, 2.05) is 48.6 Å². The van der Waals surface area contributed by atoms with Gasteiger partial charge in [-0.1, -0.05) is 44.1 Å². The molecule has 0 radical (unpaired) electrons. The van der Waals surface area contributed by atoms with Crippen molar-refractivity contribution in [3.63, 3.8) is 0 Å². The van der Waals surface area contributed by atoms with Gasteiger partial charge in [0, 0.05) is 28.7 Å². The van der Waals surface area contributed by atoms with Crippen molar-refractivity contribution in [3.05, 3.63) is 59.5 Å². The maximum atomic E-state index is 14.8. The zero-order chi connectivity index (χ0) is 41.6. The number of nitrogens with one attached hydrogen (secondary N) is 3. The second-order valence-corrected chi connectivity index (χ2v) is 20.0. The Morgan fingerprint density at radius 3 is 2.60 bits per heavy atom. The number of para-hydroxylation sites is 1. The summed E-state index contributed by atoms with van der Waals surface area (Å²) in [7, 11) is -3.90. The Morgan fingerprint density at radius 1 is 1.02 bits per heavy atom. The van der Waals surface area contributed by atoms with Crippen LogP contribution in [-0.4, -0.2) is 83.7 Å². The number of furan rings is 1. The number of thiophene rings is 1. The second-order valence-electron chi connectivity index (χ2n) is 16.9. The van der Waals surface area contributed by atoms with Gasteiger partial charge in [-0.05, 0) is 94.9 Å². The van der Waals surface area contributed by atoms with Crippen LogP contribution < -0.4 is 20.1 Å². The van der Waals surface area contributed by atoms with E-state index in [-0.39, 0.29) is 25.5 Å². The molecule has 5 heterocycles. The summed E-state index contributed by atoms with van der Waals surface area (Å²) in [5.74, 6) is -1.88. The summed E-state index contributed by atoms with van der Waals surface area (Å²) >= 11 is 1.64. The number of pyridine rings is 1. The van der Waals surface area contributed by atoms with Crippen LogP contribution in [-0.2, 0) is 35.6 Å². The summed E-state index contributed by atoms with van der Waals surface area (Å²) < 4.78 is 47.0. The smallest absolute Gasteiger partial charge is 0.408 e. The molecular formula is C44H51N5O9S2. The summed E-state index contributed by atoms with van der Waals surface area (Å²) in [6, 6.07) is 11.5. The minimum atomic E-state index is -3.90. The van der Waals surface area contributed by atoms with Gasteiger partial charge < -0.3 is 29.4 Å². The van der Waals surface area contributed by atoms with Crippen LogP contribution in [0.5, 0.6) is 5.75 Å². The van der Waals surface area contributed by atoms with E-state index in [0.29, 0.717) is 60.2 Å². The molecule has 4 fully saturated rings. The van der Waals surface area contributed by atoms with Gasteiger partial charge in [0.15, 0.2) is 11.3 Å². The minimum Gasteiger partial charge on any atom is -0.484 e. The number of nitrogens with zero attached hydrogens (tertiary/aromatic N) is 2. The average Bonchev–Trinajstić information content (AvgIpc) is 3.88. The molecule has 9 rings (SSSR count). The number of hydrogen-bond donors (Lipinski definition) is 3. The van der Waals surface area contributed by atoms with E-state index in [1.165, 1.54) is 9.78 Å². The van der Waals surface area contributed by atoms with Crippen LogP contribution >= 0.6 is 11.3 Å². The lowest BCUT2D eigenvalue weighted by molar-refractivity contribution is -0.141. The molecule has 3 aromatic heterocycles. The van der Waals surface area contributed by atoms with Crippen molar-refractivity contribution in [2.45, 2.75) is 132 Å². The Morgan fingerprint density at radius 2 is 1.82 bits per heavy atom. The Hall–Kier alpha value is -4.96. The fourth-order valence-corrected chi connectivity index (χ4v) is 11.2. The highest BCUT2D eigenvalue weighted by atomic mass is 32.2. The normalized spacial score (nSPS) is 26.5.